The minimum atomic E-state index is -3.54. The van der Waals surface area contributed by atoms with Crippen molar-refractivity contribution in [3.63, 3.8) is 0 Å². The quantitative estimate of drug-likeness (QED) is 0.790. The lowest BCUT2D eigenvalue weighted by atomic mass is 10.4. The highest BCUT2D eigenvalue weighted by Crippen LogP contribution is 2.22. The van der Waals surface area contributed by atoms with Gasteiger partial charge in [0, 0.05) is 30.2 Å². The molecule has 1 saturated heterocycles. The molecule has 0 amide bonds. The number of anilines is 1. The molecule has 2 N–H and O–H groups in total. The summed E-state index contributed by atoms with van der Waals surface area (Å²) in [5.41, 5.74) is 0. The van der Waals surface area contributed by atoms with Crippen LogP contribution in [0.5, 0.6) is 0 Å². The van der Waals surface area contributed by atoms with Gasteiger partial charge in [-0.3, -0.25) is 0 Å². The summed E-state index contributed by atoms with van der Waals surface area (Å²) in [6, 6.07) is 0. The number of hydrogen-bond acceptors (Lipinski definition) is 5. The van der Waals surface area contributed by atoms with Gasteiger partial charge < -0.3 is 5.11 Å². The number of carboxylic acids is 1. The Balaban J connectivity index is 2.05. The van der Waals surface area contributed by atoms with E-state index in [0.29, 0.717) is 18.0 Å². The summed E-state index contributed by atoms with van der Waals surface area (Å²) < 4.78 is 27.7. The fourth-order valence-corrected chi connectivity index (χ4v) is 3.86. The summed E-state index contributed by atoms with van der Waals surface area (Å²) in [5, 5.41) is 8.72. The van der Waals surface area contributed by atoms with E-state index in [0.717, 1.165) is 30.3 Å². The predicted molar refractivity (Wildman–Crippen MR) is 72.1 cm³/mol. The molecule has 1 fully saturated rings. The Labute approximate surface area is 114 Å². The molecule has 0 unspecified atom stereocenters. The minimum absolute atomic E-state index is 0.233. The topological polar surface area (TPSA) is 99.6 Å². The molecule has 1 aromatic heterocycles. The van der Waals surface area contributed by atoms with Crippen molar-refractivity contribution in [1.29, 1.82) is 0 Å². The fourth-order valence-electron chi connectivity index (χ4n) is 1.67. The van der Waals surface area contributed by atoms with Crippen LogP contribution in [0, 0.1) is 0 Å². The van der Waals surface area contributed by atoms with E-state index in [2.05, 4.69) is 9.71 Å². The Morgan fingerprint density at radius 1 is 1.47 bits per heavy atom. The molecule has 1 aromatic rings. The number of carbonyl (C=O) groups is 1. The van der Waals surface area contributed by atoms with Crippen molar-refractivity contribution >= 4 is 38.7 Å². The number of nitrogens with zero attached hydrogens (tertiary/aromatic N) is 2. The normalized spacial score (nSPS) is 17.1. The lowest BCUT2D eigenvalue weighted by molar-refractivity contribution is -0.131. The van der Waals surface area contributed by atoms with Crippen LogP contribution in [0.3, 0.4) is 0 Å². The van der Waals surface area contributed by atoms with Gasteiger partial charge >= 0.3 is 16.2 Å². The number of thiazole rings is 1. The summed E-state index contributed by atoms with van der Waals surface area (Å²) in [6.07, 6.45) is 5.50. The summed E-state index contributed by atoms with van der Waals surface area (Å²) in [7, 11) is -3.54. The number of carboxylic acid groups (broad SMARTS) is 1. The number of hydrogen-bond donors (Lipinski definition) is 2. The molecule has 0 spiro atoms. The molecule has 104 valence electrons. The Morgan fingerprint density at radius 3 is 2.79 bits per heavy atom. The molecule has 1 aliphatic heterocycles. The average molecular weight is 303 g/mol. The molecule has 0 aromatic carbocycles. The second-order valence-electron chi connectivity index (χ2n) is 3.95. The fraction of sp³-hybridized carbons (Fsp3) is 0.400. The van der Waals surface area contributed by atoms with Crippen LogP contribution in [-0.2, 0) is 15.0 Å². The first-order chi connectivity index (χ1) is 8.97. The van der Waals surface area contributed by atoms with E-state index >= 15 is 0 Å². The molecular weight excluding hydrogens is 290 g/mol. The lowest BCUT2D eigenvalue weighted by Crippen LogP contribution is -2.33. The van der Waals surface area contributed by atoms with Gasteiger partial charge in [0.15, 0.2) is 5.13 Å². The van der Waals surface area contributed by atoms with Crippen molar-refractivity contribution in [3.8, 4) is 0 Å². The third kappa shape index (κ3) is 3.75. The Bertz CT molecular complexity index is 588. The van der Waals surface area contributed by atoms with Crippen LogP contribution >= 0.6 is 11.3 Å². The van der Waals surface area contributed by atoms with Crippen molar-refractivity contribution in [1.82, 2.24) is 9.29 Å². The lowest BCUT2D eigenvalue weighted by Gasteiger charge is -2.14. The molecule has 0 aliphatic carbocycles. The van der Waals surface area contributed by atoms with Crippen molar-refractivity contribution in [2.75, 3.05) is 17.8 Å². The molecule has 7 nitrogen and oxygen atoms in total. The van der Waals surface area contributed by atoms with E-state index < -0.39 is 16.2 Å². The second-order valence-corrected chi connectivity index (χ2v) is 6.69. The number of rotatable bonds is 5. The first-order valence-electron chi connectivity index (χ1n) is 5.62. The molecular formula is C10H13N3O4S2. The van der Waals surface area contributed by atoms with E-state index in [9.17, 15) is 13.2 Å². The van der Waals surface area contributed by atoms with E-state index in [1.165, 1.54) is 16.6 Å². The van der Waals surface area contributed by atoms with Gasteiger partial charge in [-0.05, 0) is 18.9 Å². The maximum atomic E-state index is 11.9. The molecule has 2 rings (SSSR count). The average Bonchev–Trinajstić information content (AvgIpc) is 2.96. The zero-order chi connectivity index (χ0) is 13.9. The van der Waals surface area contributed by atoms with Gasteiger partial charge in [0.25, 0.3) is 0 Å². The highest BCUT2D eigenvalue weighted by Gasteiger charge is 2.25. The van der Waals surface area contributed by atoms with Crippen LogP contribution in [0.15, 0.2) is 12.3 Å². The van der Waals surface area contributed by atoms with Crippen molar-refractivity contribution in [2.45, 2.75) is 12.8 Å². The smallest absolute Gasteiger partial charge is 0.328 e. The Morgan fingerprint density at radius 2 is 2.16 bits per heavy atom. The molecule has 9 heteroatoms. The van der Waals surface area contributed by atoms with Gasteiger partial charge in [-0.15, -0.1) is 0 Å². The number of nitrogens with one attached hydrogen (secondary N) is 1. The molecule has 0 bridgehead atoms. The van der Waals surface area contributed by atoms with Gasteiger partial charge in [-0.1, -0.05) is 11.3 Å². The van der Waals surface area contributed by atoms with Crippen LogP contribution in [-0.4, -0.2) is 41.9 Å². The monoisotopic (exact) mass is 303 g/mol. The van der Waals surface area contributed by atoms with E-state index in [1.54, 1.807) is 0 Å². The Hall–Kier alpha value is -1.45. The minimum Gasteiger partial charge on any atom is -0.478 e. The summed E-state index contributed by atoms with van der Waals surface area (Å²) in [4.78, 5) is 14.8. The largest absolute Gasteiger partial charge is 0.478 e. The van der Waals surface area contributed by atoms with Crippen LogP contribution < -0.4 is 4.72 Å². The zero-order valence-corrected chi connectivity index (χ0v) is 11.6. The highest BCUT2D eigenvalue weighted by atomic mass is 32.2. The van der Waals surface area contributed by atoms with Crippen molar-refractivity contribution in [3.05, 3.63) is 17.2 Å². The van der Waals surface area contributed by atoms with Crippen LogP contribution in [0.25, 0.3) is 6.08 Å². The van der Waals surface area contributed by atoms with Crippen LogP contribution in [0.1, 0.15) is 17.7 Å². The molecule has 0 saturated carbocycles. The summed E-state index contributed by atoms with van der Waals surface area (Å²) in [5.74, 6) is -1.06. The standard InChI is InChI=1S/C10H13N3O4S2/c14-9(15)4-3-8-7-11-10(18-8)12-19(16,17)13-5-1-2-6-13/h3-4,7H,1-2,5-6H2,(H,11,12)(H,14,15). The zero-order valence-electron chi connectivity index (χ0n) is 9.94. The molecule has 2 heterocycles. The first kappa shape index (κ1) is 14.0. The van der Waals surface area contributed by atoms with Gasteiger partial charge in [0.2, 0.25) is 0 Å². The van der Waals surface area contributed by atoms with Gasteiger partial charge in [0.05, 0.1) is 0 Å². The molecule has 0 radical (unpaired) electrons. The van der Waals surface area contributed by atoms with E-state index in [1.807, 2.05) is 0 Å². The second kappa shape index (κ2) is 5.68. The number of aromatic nitrogens is 1. The molecule has 19 heavy (non-hydrogen) atoms. The van der Waals surface area contributed by atoms with Gasteiger partial charge in [-0.25, -0.2) is 14.5 Å². The van der Waals surface area contributed by atoms with Gasteiger partial charge in [0.1, 0.15) is 0 Å². The number of aliphatic carboxylic acids is 1. The van der Waals surface area contributed by atoms with E-state index in [4.69, 9.17) is 5.11 Å². The van der Waals surface area contributed by atoms with E-state index in [-0.39, 0.29) is 5.13 Å². The van der Waals surface area contributed by atoms with Crippen LogP contribution in [0.4, 0.5) is 5.13 Å². The molecule has 0 atom stereocenters. The first-order valence-corrected chi connectivity index (χ1v) is 7.88. The van der Waals surface area contributed by atoms with Crippen molar-refractivity contribution in [2.24, 2.45) is 0 Å². The SMILES string of the molecule is O=C(O)C=Cc1cnc(NS(=O)(=O)N2CCCC2)s1. The molecule has 1 aliphatic rings. The summed E-state index contributed by atoms with van der Waals surface area (Å²) in [6.45, 7) is 1.04. The highest BCUT2D eigenvalue weighted by molar-refractivity contribution is 7.90. The third-order valence-electron chi connectivity index (χ3n) is 2.53. The maximum absolute atomic E-state index is 11.9. The Kier molecular flexibility index (Phi) is 4.17. The third-order valence-corrected chi connectivity index (χ3v) is 5.04. The van der Waals surface area contributed by atoms with Gasteiger partial charge in [-0.2, -0.15) is 12.7 Å². The predicted octanol–water partition coefficient (Wildman–Crippen LogP) is 0.993. The summed E-state index contributed by atoms with van der Waals surface area (Å²) >= 11 is 1.08. The van der Waals surface area contributed by atoms with Crippen molar-refractivity contribution < 1.29 is 18.3 Å². The van der Waals surface area contributed by atoms with Crippen LogP contribution in [0.2, 0.25) is 0 Å². The maximum Gasteiger partial charge on any atom is 0.328 e.